The number of hydrogen-bond donors (Lipinski definition) is 0. The average Bonchev–Trinajstić information content (AvgIpc) is 3.07. The van der Waals surface area contributed by atoms with Crippen molar-refractivity contribution in [3.05, 3.63) is 30.4 Å². The molecule has 0 spiro atoms. The maximum absolute atomic E-state index is 11.6. The molecule has 0 aliphatic heterocycles. The van der Waals surface area contributed by atoms with Crippen LogP contribution in [0.2, 0.25) is 0 Å². The lowest BCUT2D eigenvalue weighted by Gasteiger charge is -1.91. The minimum atomic E-state index is -0.0344. The molecule has 0 N–H and O–H groups in total. The van der Waals surface area contributed by atoms with Gasteiger partial charge >= 0.3 is 0 Å². The van der Waals surface area contributed by atoms with E-state index in [9.17, 15) is 4.79 Å². The highest BCUT2D eigenvalue weighted by Crippen LogP contribution is 2.32. The Labute approximate surface area is 91.5 Å². The van der Waals surface area contributed by atoms with Crippen LogP contribution in [0.1, 0.15) is 23.5 Å². The average molecular weight is 215 g/mol. The SMILES string of the molecule is O=C(c1nnc(-c2ccncc2)o1)C1CC1. The van der Waals surface area contributed by atoms with E-state index in [4.69, 9.17) is 4.42 Å². The van der Waals surface area contributed by atoms with Crippen LogP contribution >= 0.6 is 0 Å². The molecule has 5 heteroatoms. The Kier molecular flexibility index (Phi) is 2.02. The fraction of sp³-hybridized carbons (Fsp3) is 0.273. The summed E-state index contributed by atoms with van der Waals surface area (Å²) in [5.41, 5.74) is 0.775. The summed E-state index contributed by atoms with van der Waals surface area (Å²) in [6.07, 6.45) is 5.15. The molecule has 2 heterocycles. The van der Waals surface area contributed by atoms with Crippen LogP contribution in [-0.4, -0.2) is 21.0 Å². The maximum Gasteiger partial charge on any atom is 0.284 e. The first kappa shape index (κ1) is 9.21. The summed E-state index contributed by atoms with van der Waals surface area (Å²) in [4.78, 5) is 15.5. The summed E-state index contributed by atoms with van der Waals surface area (Å²) in [6, 6.07) is 3.53. The first-order valence-corrected chi connectivity index (χ1v) is 5.13. The van der Waals surface area contributed by atoms with Gasteiger partial charge in [-0.2, -0.15) is 0 Å². The van der Waals surface area contributed by atoms with Gasteiger partial charge in [-0.1, -0.05) is 0 Å². The molecule has 0 saturated heterocycles. The van der Waals surface area contributed by atoms with Crippen molar-refractivity contribution in [3.63, 3.8) is 0 Å². The molecule has 2 aromatic heterocycles. The number of Topliss-reactive ketones (excluding diaryl/α,β-unsaturated/α-hetero) is 1. The van der Waals surface area contributed by atoms with E-state index in [2.05, 4.69) is 15.2 Å². The summed E-state index contributed by atoms with van der Waals surface area (Å²) in [7, 11) is 0. The molecule has 1 saturated carbocycles. The summed E-state index contributed by atoms with van der Waals surface area (Å²) < 4.78 is 5.33. The highest BCUT2D eigenvalue weighted by atomic mass is 16.4. The van der Waals surface area contributed by atoms with E-state index in [1.165, 1.54) is 0 Å². The molecule has 0 bridgehead atoms. The Hall–Kier alpha value is -2.04. The molecular weight excluding hydrogens is 206 g/mol. The molecule has 0 radical (unpaired) electrons. The predicted molar refractivity (Wildman–Crippen MR) is 54.6 cm³/mol. The quantitative estimate of drug-likeness (QED) is 0.729. The summed E-state index contributed by atoms with van der Waals surface area (Å²) in [6.45, 7) is 0. The number of carbonyl (C=O) groups excluding carboxylic acids is 1. The van der Waals surface area contributed by atoms with E-state index in [0.717, 1.165) is 18.4 Å². The van der Waals surface area contributed by atoms with Gasteiger partial charge in [0.2, 0.25) is 11.7 Å². The Bertz CT molecular complexity index is 517. The van der Waals surface area contributed by atoms with Gasteiger partial charge in [0.1, 0.15) is 0 Å². The molecule has 1 fully saturated rings. The van der Waals surface area contributed by atoms with Gasteiger partial charge in [-0.3, -0.25) is 9.78 Å². The molecule has 3 rings (SSSR count). The van der Waals surface area contributed by atoms with Gasteiger partial charge in [-0.15, -0.1) is 10.2 Å². The third-order valence-electron chi connectivity index (χ3n) is 2.51. The normalized spacial score (nSPS) is 15.0. The second-order valence-corrected chi connectivity index (χ2v) is 3.79. The van der Waals surface area contributed by atoms with E-state index in [0.29, 0.717) is 5.89 Å². The van der Waals surface area contributed by atoms with Gasteiger partial charge in [-0.05, 0) is 25.0 Å². The number of ketones is 1. The second kappa shape index (κ2) is 3.52. The Morgan fingerprint density at radius 3 is 2.69 bits per heavy atom. The van der Waals surface area contributed by atoms with Gasteiger partial charge in [0.15, 0.2) is 0 Å². The lowest BCUT2D eigenvalue weighted by molar-refractivity contribution is 0.0934. The van der Waals surface area contributed by atoms with Gasteiger partial charge in [0, 0.05) is 23.9 Å². The number of pyridine rings is 1. The molecule has 2 aromatic rings. The fourth-order valence-corrected chi connectivity index (χ4v) is 1.45. The van der Waals surface area contributed by atoms with E-state index in [-0.39, 0.29) is 17.6 Å². The van der Waals surface area contributed by atoms with Crippen molar-refractivity contribution in [2.75, 3.05) is 0 Å². The predicted octanol–water partition coefficient (Wildman–Crippen LogP) is 1.72. The third kappa shape index (κ3) is 1.60. The minimum absolute atomic E-state index is 0.0344. The van der Waals surface area contributed by atoms with Crippen LogP contribution in [-0.2, 0) is 0 Å². The molecule has 5 nitrogen and oxygen atoms in total. The summed E-state index contributed by atoms with van der Waals surface area (Å²) in [5.74, 6) is 0.555. The number of rotatable bonds is 3. The van der Waals surface area contributed by atoms with Crippen molar-refractivity contribution >= 4 is 5.78 Å². The first-order valence-electron chi connectivity index (χ1n) is 5.13. The van der Waals surface area contributed by atoms with E-state index < -0.39 is 0 Å². The van der Waals surface area contributed by atoms with Crippen LogP contribution in [0.5, 0.6) is 0 Å². The van der Waals surface area contributed by atoms with Crippen molar-refractivity contribution in [1.29, 1.82) is 0 Å². The van der Waals surface area contributed by atoms with Crippen LogP contribution in [0.3, 0.4) is 0 Å². The zero-order chi connectivity index (χ0) is 11.0. The third-order valence-corrected chi connectivity index (χ3v) is 2.51. The van der Waals surface area contributed by atoms with Crippen molar-refractivity contribution in [1.82, 2.24) is 15.2 Å². The Balaban J connectivity index is 1.90. The molecule has 0 atom stereocenters. The van der Waals surface area contributed by atoms with Crippen molar-refractivity contribution in [2.24, 2.45) is 5.92 Å². The molecule has 1 aliphatic rings. The smallest absolute Gasteiger partial charge is 0.284 e. The molecule has 80 valence electrons. The minimum Gasteiger partial charge on any atom is -0.414 e. The summed E-state index contributed by atoms with van der Waals surface area (Å²) in [5, 5.41) is 7.62. The van der Waals surface area contributed by atoms with Crippen LogP contribution in [0.4, 0.5) is 0 Å². The maximum atomic E-state index is 11.6. The van der Waals surface area contributed by atoms with E-state index in [1.54, 1.807) is 24.5 Å². The Morgan fingerprint density at radius 1 is 1.25 bits per heavy atom. The largest absolute Gasteiger partial charge is 0.414 e. The standard InChI is InChI=1S/C11H9N3O2/c15-9(7-1-2-7)11-14-13-10(16-11)8-3-5-12-6-4-8/h3-7H,1-2H2. The zero-order valence-corrected chi connectivity index (χ0v) is 8.46. The second-order valence-electron chi connectivity index (χ2n) is 3.79. The van der Waals surface area contributed by atoms with Crippen LogP contribution in [0, 0.1) is 5.92 Å². The molecular formula is C11H9N3O2. The fourth-order valence-electron chi connectivity index (χ4n) is 1.45. The van der Waals surface area contributed by atoms with Gasteiger partial charge < -0.3 is 4.42 Å². The van der Waals surface area contributed by atoms with Gasteiger partial charge in [-0.25, -0.2) is 0 Å². The lowest BCUT2D eigenvalue weighted by Crippen LogP contribution is -2.01. The molecule has 0 amide bonds. The van der Waals surface area contributed by atoms with Gasteiger partial charge in [0.05, 0.1) is 0 Å². The molecule has 0 aromatic carbocycles. The molecule has 0 unspecified atom stereocenters. The van der Waals surface area contributed by atoms with Crippen LogP contribution < -0.4 is 0 Å². The van der Waals surface area contributed by atoms with Crippen molar-refractivity contribution in [3.8, 4) is 11.5 Å². The number of nitrogens with zero attached hydrogens (tertiary/aromatic N) is 3. The zero-order valence-electron chi connectivity index (χ0n) is 8.46. The van der Waals surface area contributed by atoms with Crippen molar-refractivity contribution < 1.29 is 9.21 Å². The topological polar surface area (TPSA) is 68.9 Å². The van der Waals surface area contributed by atoms with E-state index in [1.807, 2.05) is 0 Å². The highest BCUT2D eigenvalue weighted by Gasteiger charge is 2.34. The number of hydrogen-bond acceptors (Lipinski definition) is 5. The summed E-state index contributed by atoms with van der Waals surface area (Å²) >= 11 is 0. The number of carbonyl (C=O) groups is 1. The first-order chi connectivity index (χ1) is 7.84. The van der Waals surface area contributed by atoms with Crippen LogP contribution in [0.25, 0.3) is 11.5 Å². The van der Waals surface area contributed by atoms with Crippen molar-refractivity contribution in [2.45, 2.75) is 12.8 Å². The lowest BCUT2D eigenvalue weighted by atomic mass is 10.2. The molecule has 16 heavy (non-hydrogen) atoms. The van der Waals surface area contributed by atoms with Gasteiger partial charge in [0.25, 0.3) is 5.89 Å². The monoisotopic (exact) mass is 215 g/mol. The van der Waals surface area contributed by atoms with E-state index >= 15 is 0 Å². The van der Waals surface area contributed by atoms with Crippen LogP contribution in [0.15, 0.2) is 28.9 Å². The number of aromatic nitrogens is 3. The Morgan fingerprint density at radius 2 is 2.00 bits per heavy atom. The highest BCUT2D eigenvalue weighted by molar-refractivity contribution is 5.95. The molecule has 1 aliphatic carbocycles.